The normalized spacial score (nSPS) is 18.8. The largest absolute Gasteiger partial charge is 0.474 e. The Kier molecular flexibility index (Phi) is 8.79. The molecule has 0 spiro atoms. The molecule has 2 N–H and O–H groups in total. The van der Waals surface area contributed by atoms with Crippen LogP contribution < -0.4 is 10.5 Å². The van der Waals surface area contributed by atoms with Crippen LogP contribution in [0.1, 0.15) is 45.1 Å². The molecule has 3 heterocycles. The van der Waals surface area contributed by atoms with Crippen LogP contribution in [0.15, 0.2) is 36.5 Å². The SMILES string of the molecule is CC(C)OC(=O)N1CCC(Oc2ccc(-c3ccc(C[C@H](N)C(=O)N4CCC[C@H]4C#N)c(F)c3)cn2)CC1. The van der Waals surface area contributed by atoms with Crippen molar-refractivity contribution in [2.24, 2.45) is 5.73 Å². The summed E-state index contributed by atoms with van der Waals surface area (Å²) in [5.41, 5.74) is 7.80. The molecule has 0 saturated carbocycles. The Morgan fingerprint density at radius 3 is 2.53 bits per heavy atom. The first-order valence-electron chi connectivity index (χ1n) is 13.1. The molecule has 2 fully saturated rings. The Hall–Kier alpha value is -3.71. The van der Waals surface area contributed by atoms with Gasteiger partial charge in [-0.2, -0.15) is 5.26 Å². The van der Waals surface area contributed by atoms with Crippen LogP contribution in [-0.2, 0) is 16.0 Å². The second-order valence-corrected chi connectivity index (χ2v) is 10.1. The first-order valence-corrected chi connectivity index (χ1v) is 13.1. The molecule has 0 bridgehead atoms. The van der Waals surface area contributed by atoms with Crippen molar-refractivity contribution in [3.8, 4) is 23.1 Å². The average Bonchev–Trinajstić information content (AvgIpc) is 3.39. The van der Waals surface area contributed by atoms with Gasteiger partial charge in [-0.15, -0.1) is 0 Å². The fraction of sp³-hybridized carbons (Fsp3) is 0.500. The van der Waals surface area contributed by atoms with Gasteiger partial charge in [0.15, 0.2) is 0 Å². The highest BCUT2D eigenvalue weighted by Crippen LogP contribution is 2.25. The van der Waals surface area contributed by atoms with Gasteiger partial charge in [0.25, 0.3) is 0 Å². The van der Waals surface area contributed by atoms with E-state index in [-0.39, 0.29) is 30.6 Å². The van der Waals surface area contributed by atoms with Crippen molar-refractivity contribution < 1.29 is 23.5 Å². The molecule has 0 radical (unpaired) electrons. The molecule has 10 heteroatoms. The summed E-state index contributed by atoms with van der Waals surface area (Å²) in [6.45, 7) is 5.28. The van der Waals surface area contributed by atoms with E-state index < -0.39 is 17.9 Å². The number of rotatable bonds is 7. The number of nitriles is 1. The lowest BCUT2D eigenvalue weighted by Gasteiger charge is -2.31. The number of hydrogen-bond acceptors (Lipinski definition) is 7. The lowest BCUT2D eigenvalue weighted by atomic mass is 10.0. The summed E-state index contributed by atoms with van der Waals surface area (Å²) in [5.74, 6) is -0.304. The summed E-state index contributed by atoms with van der Waals surface area (Å²) in [5, 5.41) is 9.22. The third-order valence-electron chi connectivity index (χ3n) is 6.89. The van der Waals surface area contributed by atoms with Crippen LogP contribution in [-0.4, -0.2) is 70.7 Å². The van der Waals surface area contributed by atoms with Crippen molar-refractivity contribution in [1.82, 2.24) is 14.8 Å². The summed E-state index contributed by atoms with van der Waals surface area (Å²) in [7, 11) is 0. The number of ether oxygens (including phenoxy) is 2. The number of likely N-dealkylation sites (tertiary alicyclic amines) is 2. The van der Waals surface area contributed by atoms with Crippen molar-refractivity contribution in [2.75, 3.05) is 19.6 Å². The van der Waals surface area contributed by atoms with Crippen LogP contribution in [0.2, 0.25) is 0 Å². The summed E-state index contributed by atoms with van der Waals surface area (Å²) in [6.07, 6.45) is 3.96. The van der Waals surface area contributed by atoms with Crippen LogP contribution in [0.25, 0.3) is 11.1 Å². The fourth-order valence-corrected chi connectivity index (χ4v) is 4.82. The molecule has 2 aliphatic rings. The highest BCUT2D eigenvalue weighted by atomic mass is 19.1. The van der Waals surface area contributed by atoms with Crippen molar-refractivity contribution in [1.29, 1.82) is 5.26 Å². The van der Waals surface area contributed by atoms with Gasteiger partial charge in [0.2, 0.25) is 11.8 Å². The van der Waals surface area contributed by atoms with Crippen molar-refractivity contribution in [2.45, 2.75) is 70.2 Å². The van der Waals surface area contributed by atoms with E-state index in [0.29, 0.717) is 55.9 Å². The van der Waals surface area contributed by atoms with Crippen LogP contribution in [0.3, 0.4) is 0 Å². The Morgan fingerprint density at radius 1 is 1.16 bits per heavy atom. The van der Waals surface area contributed by atoms with Gasteiger partial charge in [-0.25, -0.2) is 14.2 Å². The summed E-state index contributed by atoms with van der Waals surface area (Å²) in [6, 6.07) is 9.14. The predicted octanol–water partition coefficient (Wildman–Crippen LogP) is 3.66. The molecular formula is C28H34FN5O4. The number of nitrogens with zero attached hydrogens (tertiary/aromatic N) is 4. The number of aromatic nitrogens is 1. The average molecular weight is 524 g/mol. The van der Waals surface area contributed by atoms with E-state index in [2.05, 4.69) is 11.1 Å². The smallest absolute Gasteiger partial charge is 0.410 e. The number of benzene rings is 1. The number of halogens is 1. The van der Waals surface area contributed by atoms with E-state index in [1.807, 2.05) is 19.9 Å². The second-order valence-electron chi connectivity index (χ2n) is 10.1. The number of piperidine rings is 1. The van der Waals surface area contributed by atoms with Crippen LogP contribution >= 0.6 is 0 Å². The number of pyridine rings is 1. The predicted molar refractivity (Wildman–Crippen MR) is 138 cm³/mol. The number of amides is 2. The third kappa shape index (κ3) is 6.58. The lowest BCUT2D eigenvalue weighted by molar-refractivity contribution is -0.132. The van der Waals surface area contributed by atoms with Crippen LogP contribution in [0.5, 0.6) is 5.88 Å². The zero-order valence-corrected chi connectivity index (χ0v) is 21.8. The molecule has 0 unspecified atom stereocenters. The van der Waals surface area contributed by atoms with Crippen molar-refractivity contribution in [3.63, 3.8) is 0 Å². The van der Waals surface area contributed by atoms with E-state index in [9.17, 15) is 19.2 Å². The monoisotopic (exact) mass is 523 g/mol. The Morgan fingerprint density at radius 2 is 1.89 bits per heavy atom. The minimum atomic E-state index is -0.907. The number of nitrogens with two attached hydrogens (primary N) is 1. The Bertz CT molecular complexity index is 1170. The van der Waals surface area contributed by atoms with E-state index in [1.165, 1.54) is 11.0 Å². The van der Waals surface area contributed by atoms with Crippen molar-refractivity contribution in [3.05, 3.63) is 47.9 Å². The zero-order valence-electron chi connectivity index (χ0n) is 21.8. The molecule has 2 aromatic rings. The van der Waals surface area contributed by atoms with Gasteiger partial charge in [0.05, 0.1) is 18.2 Å². The van der Waals surface area contributed by atoms with E-state index in [0.717, 1.165) is 12.0 Å². The third-order valence-corrected chi connectivity index (χ3v) is 6.89. The highest BCUT2D eigenvalue weighted by molar-refractivity contribution is 5.83. The first-order chi connectivity index (χ1) is 18.2. The Labute approximate surface area is 222 Å². The Balaban J connectivity index is 1.31. The van der Waals surface area contributed by atoms with Gasteiger partial charge in [-0.3, -0.25) is 4.79 Å². The molecule has 0 aliphatic carbocycles. The molecule has 1 aromatic heterocycles. The molecule has 202 valence electrons. The van der Waals surface area contributed by atoms with Crippen LogP contribution in [0, 0.1) is 17.1 Å². The standard InChI is InChI=1S/C28H34FN5O4/c1-18(2)37-28(36)33-12-9-23(10-13-33)38-26-8-7-21(17-32-26)19-5-6-20(24(29)14-19)15-25(31)27(35)34-11-3-4-22(34)16-30/h5-8,14,17-18,22-23,25H,3-4,9-13,15,31H2,1-2H3/t22-,25-/m0/s1. The van der Waals surface area contributed by atoms with Gasteiger partial charge in [-0.1, -0.05) is 12.1 Å². The highest BCUT2D eigenvalue weighted by Gasteiger charge is 2.32. The lowest BCUT2D eigenvalue weighted by Crippen LogP contribution is -2.46. The molecule has 9 nitrogen and oxygen atoms in total. The maximum Gasteiger partial charge on any atom is 0.410 e. The van der Waals surface area contributed by atoms with Gasteiger partial charge < -0.3 is 25.0 Å². The molecule has 4 rings (SSSR count). The van der Waals surface area contributed by atoms with E-state index >= 15 is 0 Å². The summed E-state index contributed by atoms with van der Waals surface area (Å²) >= 11 is 0. The molecule has 2 atom stereocenters. The van der Waals surface area contributed by atoms with Gasteiger partial charge >= 0.3 is 6.09 Å². The van der Waals surface area contributed by atoms with Crippen molar-refractivity contribution >= 4 is 12.0 Å². The molecule has 2 aliphatic heterocycles. The molecule has 38 heavy (non-hydrogen) atoms. The summed E-state index contributed by atoms with van der Waals surface area (Å²) in [4.78, 5) is 32.3. The van der Waals surface area contributed by atoms with Gasteiger partial charge in [0, 0.05) is 50.3 Å². The van der Waals surface area contributed by atoms with Gasteiger partial charge in [0.1, 0.15) is 18.0 Å². The molecule has 1 aromatic carbocycles. The van der Waals surface area contributed by atoms with E-state index in [1.54, 1.807) is 29.3 Å². The van der Waals surface area contributed by atoms with Gasteiger partial charge in [-0.05, 0) is 56.4 Å². The maximum absolute atomic E-state index is 14.9. The van der Waals surface area contributed by atoms with Crippen LogP contribution in [0.4, 0.5) is 9.18 Å². The first kappa shape index (κ1) is 27.3. The molecule has 2 amide bonds. The fourth-order valence-electron chi connectivity index (χ4n) is 4.82. The topological polar surface area (TPSA) is 122 Å². The molecular weight excluding hydrogens is 489 g/mol. The van der Waals surface area contributed by atoms with E-state index in [4.69, 9.17) is 15.2 Å². The number of carbonyl (C=O) groups is 2. The zero-order chi connectivity index (χ0) is 27.2. The number of carbonyl (C=O) groups excluding carboxylic acids is 2. The maximum atomic E-state index is 14.9. The quantitative estimate of drug-likeness (QED) is 0.588. The number of hydrogen-bond donors (Lipinski definition) is 1. The second kappa shape index (κ2) is 12.2. The molecule has 2 saturated heterocycles. The minimum Gasteiger partial charge on any atom is -0.474 e. The summed E-state index contributed by atoms with van der Waals surface area (Å²) < 4.78 is 26.1. The minimum absolute atomic E-state index is 0.0518.